The number of ether oxygens (including phenoxy) is 2. The number of amides is 2. The number of rotatable bonds is 6. The predicted octanol–water partition coefficient (Wildman–Crippen LogP) is 3.09. The van der Waals surface area contributed by atoms with Gasteiger partial charge in [0.15, 0.2) is 11.5 Å². The van der Waals surface area contributed by atoms with Gasteiger partial charge in [0, 0.05) is 6.20 Å². The second-order valence-corrected chi connectivity index (χ2v) is 5.38. The number of aromatic amines is 1. The molecule has 2 amide bonds. The molecule has 0 fully saturated rings. The summed E-state index contributed by atoms with van der Waals surface area (Å²) in [6.07, 6.45) is 3.20. The number of carbonyl (C=O) groups is 1. The quantitative estimate of drug-likeness (QED) is 0.763. The Balaban J connectivity index is 2.03. The number of aromatic nitrogens is 2. The highest BCUT2D eigenvalue weighted by molar-refractivity contribution is 5.89. The van der Waals surface area contributed by atoms with Gasteiger partial charge in [-0.2, -0.15) is 5.10 Å². The number of anilines is 1. The van der Waals surface area contributed by atoms with E-state index in [9.17, 15) is 4.79 Å². The molecule has 0 aliphatic rings. The van der Waals surface area contributed by atoms with E-state index >= 15 is 0 Å². The number of hydrogen-bond acceptors (Lipinski definition) is 4. The summed E-state index contributed by atoms with van der Waals surface area (Å²) in [7, 11) is 1.59. The molecule has 1 aromatic carbocycles. The zero-order valence-electron chi connectivity index (χ0n) is 13.7. The molecule has 0 spiro atoms. The highest BCUT2D eigenvalue weighted by Crippen LogP contribution is 2.31. The number of methoxy groups -OCH3 is 1. The van der Waals surface area contributed by atoms with Crippen molar-refractivity contribution in [3.63, 3.8) is 0 Å². The standard InChI is InChI=1S/C16H22N4O3/c1-10(2)23-14-6-5-12(7-15(14)22-4)11(3)19-16(21)20-13-8-17-18-9-13/h5-11H,1-4H3,(H,17,18)(H2,19,20,21)/t11-/m0/s1. The minimum atomic E-state index is -0.305. The lowest BCUT2D eigenvalue weighted by atomic mass is 10.1. The number of H-pyrrole nitrogens is 1. The van der Waals surface area contributed by atoms with Crippen molar-refractivity contribution in [2.75, 3.05) is 12.4 Å². The van der Waals surface area contributed by atoms with Crippen LogP contribution in [0.3, 0.4) is 0 Å². The van der Waals surface area contributed by atoms with Crippen molar-refractivity contribution in [1.29, 1.82) is 0 Å². The summed E-state index contributed by atoms with van der Waals surface area (Å²) in [6.45, 7) is 5.81. The third kappa shape index (κ3) is 4.64. The van der Waals surface area contributed by atoms with Gasteiger partial charge < -0.3 is 20.1 Å². The molecule has 0 saturated heterocycles. The summed E-state index contributed by atoms with van der Waals surface area (Å²) in [6, 6.07) is 5.12. The van der Waals surface area contributed by atoms with Gasteiger partial charge in [-0.25, -0.2) is 4.79 Å². The number of hydrogen-bond donors (Lipinski definition) is 3. The molecule has 1 aromatic heterocycles. The molecule has 1 atom stereocenters. The number of carbonyl (C=O) groups excluding carboxylic acids is 1. The Morgan fingerprint density at radius 1 is 1.26 bits per heavy atom. The van der Waals surface area contributed by atoms with Gasteiger partial charge in [-0.15, -0.1) is 0 Å². The Kier molecular flexibility index (Phi) is 5.46. The summed E-state index contributed by atoms with van der Waals surface area (Å²) in [5.74, 6) is 1.32. The first-order chi connectivity index (χ1) is 11.0. The fourth-order valence-corrected chi connectivity index (χ4v) is 2.07. The van der Waals surface area contributed by atoms with E-state index < -0.39 is 0 Å². The van der Waals surface area contributed by atoms with Gasteiger partial charge in [0.05, 0.1) is 31.1 Å². The van der Waals surface area contributed by atoms with Gasteiger partial charge in [0.25, 0.3) is 0 Å². The molecule has 2 rings (SSSR count). The lowest BCUT2D eigenvalue weighted by molar-refractivity contribution is 0.230. The van der Waals surface area contributed by atoms with E-state index in [2.05, 4.69) is 20.8 Å². The first kappa shape index (κ1) is 16.7. The first-order valence-corrected chi connectivity index (χ1v) is 7.40. The maximum Gasteiger partial charge on any atom is 0.319 e. The molecule has 0 unspecified atom stereocenters. The van der Waals surface area contributed by atoms with Crippen LogP contribution >= 0.6 is 0 Å². The van der Waals surface area contributed by atoms with Crippen molar-refractivity contribution in [3.8, 4) is 11.5 Å². The summed E-state index contributed by atoms with van der Waals surface area (Å²) >= 11 is 0. The van der Waals surface area contributed by atoms with Gasteiger partial charge in [0.2, 0.25) is 0 Å². The van der Waals surface area contributed by atoms with Crippen LogP contribution in [0, 0.1) is 0 Å². The molecule has 7 nitrogen and oxygen atoms in total. The summed E-state index contributed by atoms with van der Waals surface area (Å²) in [4.78, 5) is 11.9. The van der Waals surface area contributed by atoms with Crippen LogP contribution in [0.4, 0.5) is 10.5 Å². The van der Waals surface area contributed by atoms with E-state index in [0.29, 0.717) is 17.2 Å². The third-order valence-corrected chi connectivity index (χ3v) is 3.15. The Hall–Kier alpha value is -2.70. The minimum absolute atomic E-state index is 0.0611. The van der Waals surface area contributed by atoms with Crippen LogP contribution in [0.25, 0.3) is 0 Å². The molecule has 124 valence electrons. The summed E-state index contributed by atoms with van der Waals surface area (Å²) in [5, 5.41) is 12.0. The Morgan fingerprint density at radius 3 is 2.65 bits per heavy atom. The zero-order valence-corrected chi connectivity index (χ0v) is 13.7. The molecule has 23 heavy (non-hydrogen) atoms. The second kappa shape index (κ2) is 7.53. The summed E-state index contributed by atoms with van der Waals surface area (Å²) < 4.78 is 11.0. The first-order valence-electron chi connectivity index (χ1n) is 7.40. The van der Waals surface area contributed by atoms with E-state index in [1.165, 1.54) is 6.20 Å². The normalized spacial score (nSPS) is 11.9. The topological polar surface area (TPSA) is 88.3 Å². The van der Waals surface area contributed by atoms with E-state index in [0.717, 1.165) is 5.56 Å². The van der Waals surface area contributed by atoms with Crippen molar-refractivity contribution in [1.82, 2.24) is 15.5 Å². The lowest BCUT2D eigenvalue weighted by Crippen LogP contribution is -2.31. The molecule has 1 heterocycles. The number of nitrogens with one attached hydrogen (secondary N) is 3. The van der Waals surface area contributed by atoms with Gasteiger partial charge >= 0.3 is 6.03 Å². The van der Waals surface area contributed by atoms with Crippen LogP contribution in [0.15, 0.2) is 30.6 Å². The molecule has 0 aliphatic carbocycles. The van der Waals surface area contributed by atoms with Gasteiger partial charge in [-0.3, -0.25) is 5.10 Å². The molecule has 7 heteroatoms. The molecule has 0 saturated carbocycles. The fraction of sp³-hybridized carbons (Fsp3) is 0.375. The largest absolute Gasteiger partial charge is 0.493 e. The lowest BCUT2D eigenvalue weighted by Gasteiger charge is -2.18. The predicted molar refractivity (Wildman–Crippen MR) is 87.9 cm³/mol. The molecular weight excluding hydrogens is 296 g/mol. The van der Waals surface area contributed by atoms with Crippen molar-refractivity contribution in [3.05, 3.63) is 36.2 Å². The fourth-order valence-electron chi connectivity index (χ4n) is 2.07. The highest BCUT2D eigenvalue weighted by atomic mass is 16.5. The molecule has 0 radical (unpaired) electrons. The smallest absolute Gasteiger partial charge is 0.319 e. The maximum absolute atomic E-state index is 11.9. The van der Waals surface area contributed by atoms with E-state index in [4.69, 9.17) is 9.47 Å². The van der Waals surface area contributed by atoms with Crippen molar-refractivity contribution in [2.24, 2.45) is 0 Å². The van der Waals surface area contributed by atoms with Crippen LogP contribution in [-0.4, -0.2) is 29.4 Å². The Labute approximate surface area is 135 Å². The molecule has 3 N–H and O–H groups in total. The molecule has 2 aromatic rings. The van der Waals surface area contributed by atoms with Crippen molar-refractivity contribution in [2.45, 2.75) is 32.9 Å². The highest BCUT2D eigenvalue weighted by Gasteiger charge is 2.14. The van der Waals surface area contributed by atoms with Crippen LogP contribution < -0.4 is 20.1 Å². The van der Waals surface area contributed by atoms with Crippen molar-refractivity contribution >= 4 is 11.7 Å². The molecule has 0 aliphatic heterocycles. The third-order valence-electron chi connectivity index (χ3n) is 3.15. The van der Waals surface area contributed by atoms with Gasteiger partial charge in [-0.1, -0.05) is 6.07 Å². The molecule has 0 bridgehead atoms. The van der Waals surface area contributed by atoms with Crippen LogP contribution in [-0.2, 0) is 0 Å². The Morgan fingerprint density at radius 2 is 2.04 bits per heavy atom. The zero-order chi connectivity index (χ0) is 16.8. The van der Waals surface area contributed by atoms with E-state index in [1.807, 2.05) is 39.0 Å². The average molecular weight is 318 g/mol. The van der Waals surface area contributed by atoms with Gasteiger partial charge in [0.1, 0.15) is 0 Å². The SMILES string of the molecule is COc1cc([C@H](C)NC(=O)Nc2cn[nH]c2)ccc1OC(C)C. The number of nitrogens with zero attached hydrogens (tertiary/aromatic N) is 1. The monoisotopic (exact) mass is 318 g/mol. The Bertz CT molecular complexity index is 641. The van der Waals surface area contributed by atoms with Crippen LogP contribution in [0.1, 0.15) is 32.4 Å². The van der Waals surface area contributed by atoms with Crippen LogP contribution in [0.5, 0.6) is 11.5 Å². The number of benzene rings is 1. The summed E-state index contributed by atoms with van der Waals surface area (Å²) in [5.41, 5.74) is 1.52. The van der Waals surface area contributed by atoms with Crippen LogP contribution in [0.2, 0.25) is 0 Å². The molecular formula is C16H22N4O3. The van der Waals surface area contributed by atoms with Gasteiger partial charge in [-0.05, 0) is 38.5 Å². The second-order valence-electron chi connectivity index (χ2n) is 5.38. The minimum Gasteiger partial charge on any atom is -0.493 e. The van der Waals surface area contributed by atoms with E-state index in [-0.39, 0.29) is 18.2 Å². The average Bonchev–Trinajstić information content (AvgIpc) is 2.99. The maximum atomic E-state index is 11.9. The van der Waals surface area contributed by atoms with E-state index in [1.54, 1.807) is 13.3 Å². The number of urea groups is 1. The van der Waals surface area contributed by atoms with Crippen molar-refractivity contribution < 1.29 is 14.3 Å².